The van der Waals surface area contributed by atoms with Gasteiger partial charge in [-0.25, -0.2) is 14.6 Å². The highest BCUT2D eigenvalue weighted by atomic mass is 16.6. The van der Waals surface area contributed by atoms with Gasteiger partial charge in [-0.15, -0.1) is 0 Å². The van der Waals surface area contributed by atoms with Crippen molar-refractivity contribution in [2.45, 2.75) is 58.2 Å². The normalized spacial score (nSPS) is 12.0. The van der Waals surface area contributed by atoms with E-state index in [-0.39, 0.29) is 6.42 Å². The first-order chi connectivity index (χ1) is 12.2. The minimum Gasteiger partial charge on any atom is -0.467 e. The largest absolute Gasteiger partial charge is 0.467 e. The van der Waals surface area contributed by atoms with Crippen LogP contribution >= 0.6 is 0 Å². The van der Waals surface area contributed by atoms with Gasteiger partial charge in [-0.3, -0.25) is 0 Å². The number of methoxy groups -OCH3 is 1. The fraction of sp³-hybridized carbons (Fsp3) is 0.688. The predicted molar refractivity (Wildman–Crippen MR) is 94.4 cm³/mol. The van der Waals surface area contributed by atoms with Gasteiger partial charge < -0.3 is 19.4 Å². The Morgan fingerprint density at radius 1 is 1.42 bits per heavy atom. The molecule has 0 fully saturated rings. The molecule has 1 atom stereocenters. The van der Waals surface area contributed by atoms with E-state index in [9.17, 15) is 9.59 Å². The summed E-state index contributed by atoms with van der Waals surface area (Å²) in [6.45, 7) is 6.40. The predicted octanol–water partition coefficient (Wildman–Crippen LogP) is 2.58. The molecular formula is C16H26N6O4. The molecule has 1 rings (SSSR count). The standard InChI is InChI=1S/C16H26N6O4/c1-16(2,3)26-15(24)20-13(14(23)25-4)9-12-10-22(11-18-12)8-6-5-7-19-21-17/h10-11,13H,5-9H2,1-4H3,(H,20,24)/t13-/m0/s1. The van der Waals surface area contributed by atoms with Crippen LogP contribution in [0.1, 0.15) is 39.3 Å². The van der Waals surface area contributed by atoms with Crippen molar-refractivity contribution in [3.8, 4) is 0 Å². The van der Waals surface area contributed by atoms with E-state index < -0.39 is 23.7 Å². The first-order valence-electron chi connectivity index (χ1n) is 8.34. The number of hydrogen-bond acceptors (Lipinski definition) is 6. The molecule has 1 heterocycles. The second-order valence-corrected chi connectivity index (χ2v) is 6.69. The molecule has 0 radical (unpaired) electrons. The number of unbranched alkanes of at least 4 members (excludes halogenated alkanes) is 1. The molecule has 0 saturated heterocycles. The summed E-state index contributed by atoms with van der Waals surface area (Å²) in [5.41, 5.74) is 8.21. The highest BCUT2D eigenvalue weighted by molar-refractivity contribution is 5.81. The van der Waals surface area contributed by atoms with E-state index in [0.29, 0.717) is 12.2 Å². The maximum absolute atomic E-state index is 11.9. The number of imidazole rings is 1. The molecule has 0 aliphatic heterocycles. The Kier molecular flexibility index (Phi) is 8.44. The molecule has 0 bridgehead atoms. The molecule has 0 aromatic carbocycles. The average molecular weight is 366 g/mol. The number of esters is 1. The summed E-state index contributed by atoms with van der Waals surface area (Å²) >= 11 is 0. The van der Waals surface area contributed by atoms with Crippen LogP contribution in [-0.2, 0) is 27.2 Å². The van der Waals surface area contributed by atoms with E-state index in [2.05, 4.69) is 20.3 Å². The topological polar surface area (TPSA) is 131 Å². The van der Waals surface area contributed by atoms with Gasteiger partial charge >= 0.3 is 12.1 Å². The molecule has 1 N–H and O–H groups in total. The van der Waals surface area contributed by atoms with Crippen LogP contribution in [0.5, 0.6) is 0 Å². The number of aryl methyl sites for hydroxylation is 1. The van der Waals surface area contributed by atoms with Crippen LogP contribution in [0.15, 0.2) is 17.6 Å². The maximum atomic E-state index is 11.9. The third kappa shape index (κ3) is 8.39. The van der Waals surface area contributed by atoms with Crippen molar-refractivity contribution in [2.24, 2.45) is 5.11 Å². The lowest BCUT2D eigenvalue weighted by atomic mass is 10.1. The molecule has 1 amide bonds. The first kappa shape index (κ1) is 21.3. The minimum absolute atomic E-state index is 0.192. The minimum atomic E-state index is -0.886. The van der Waals surface area contributed by atoms with Crippen LogP contribution in [-0.4, -0.2) is 46.9 Å². The fourth-order valence-corrected chi connectivity index (χ4v) is 2.15. The van der Waals surface area contributed by atoms with E-state index >= 15 is 0 Å². The van der Waals surface area contributed by atoms with Crippen molar-refractivity contribution >= 4 is 12.1 Å². The Morgan fingerprint density at radius 2 is 2.15 bits per heavy atom. The summed E-state index contributed by atoms with van der Waals surface area (Å²) in [6.07, 6.45) is 4.58. The second-order valence-electron chi connectivity index (χ2n) is 6.69. The molecular weight excluding hydrogens is 340 g/mol. The van der Waals surface area contributed by atoms with Crippen molar-refractivity contribution in [3.63, 3.8) is 0 Å². The number of azide groups is 1. The Labute approximate surface area is 152 Å². The van der Waals surface area contributed by atoms with Crippen molar-refractivity contribution in [1.29, 1.82) is 0 Å². The third-order valence-electron chi connectivity index (χ3n) is 3.26. The van der Waals surface area contributed by atoms with Gasteiger partial charge in [-0.05, 0) is 39.1 Å². The zero-order valence-electron chi connectivity index (χ0n) is 15.6. The number of hydrogen-bond donors (Lipinski definition) is 1. The summed E-state index contributed by atoms with van der Waals surface area (Å²) in [7, 11) is 1.26. The molecule has 10 nitrogen and oxygen atoms in total. The van der Waals surface area contributed by atoms with Gasteiger partial charge in [0.25, 0.3) is 0 Å². The van der Waals surface area contributed by atoms with Crippen molar-refractivity contribution in [3.05, 3.63) is 28.7 Å². The van der Waals surface area contributed by atoms with Gasteiger partial charge in [-0.1, -0.05) is 5.11 Å². The smallest absolute Gasteiger partial charge is 0.408 e. The van der Waals surface area contributed by atoms with E-state index in [1.807, 2.05) is 4.57 Å². The fourth-order valence-electron chi connectivity index (χ4n) is 2.15. The van der Waals surface area contributed by atoms with Crippen LogP contribution < -0.4 is 5.32 Å². The van der Waals surface area contributed by atoms with E-state index in [4.69, 9.17) is 15.0 Å². The van der Waals surface area contributed by atoms with Crippen LogP contribution in [0.4, 0.5) is 4.79 Å². The van der Waals surface area contributed by atoms with Crippen LogP contribution in [0.25, 0.3) is 10.4 Å². The summed E-state index contributed by atoms with van der Waals surface area (Å²) in [6, 6.07) is -0.886. The molecule has 0 aliphatic rings. The number of amides is 1. The Morgan fingerprint density at radius 3 is 2.77 bits per heavy atom. The van der Waals surface area contributed by atoms with E-state index in [0.717, 1.165) is 19.4 Å². The van der Waals surface area contributed by atoms with Crippen LogP contribution in [0, 0.1) is 0 Å². The Hall–Kier alpha value is -2.74. The molecule has 10 heteroatoms. The zero-order valence-corrected chi connectivity index (χ0v) is 15.6. The number of carbonyl (C=O) groups excluding carboxylic acids is 2. The summed E-state index contributed by atoms with van der Waals surface area (Å²) in [4.78, 5) is 30.8. The van der Waals surface area contributed by atoms with Gasteiger partial charge in [0.05, 0.1) is 19.1 Å². The molecule has 0 aliphatic carbocycles. The van der Waals surface area contributed by atoms with Gasteiger partial charge in [0.1, 0.15) is 11.6 Å². The number of ether oxygens (including phenoxy) is 2. The zero-order chi connectivity index (χ0) is 19.6. The number of carbonyl (C=O) groups is 2. The molecule has 1 aromatic rings. The molecule has 0 unspecified atom stereocenters. The number of nitrogens with one attached hydrogen (secondary N) is 1. The second kappa shape index (κ2) is 10.3. The SMILES string of the molecule is COC(=O)[C@H](Cc1cn(CCCCN=[N+]=[N-])cn1)NC(=O)OC(C)(C)C. The number of aromatic nitrogens is 2. The lowest BCUT2D eigenvalue weighted by Crippen LogP contribution is -2.45. The molecule has 26 heavy (non-hydrogen) atoms. The Bertz CT molecular complexity index is 645. The number of nitrogens with zero attached hydrogens (tertiary/aromatic N) is 5. The van der Waals surface area contributed by atoms with Gasteiger partial charge in [0, 0.05) is 30.6 Å². The van der Waals surface area contributed by atoms with Crippen LogP contribution in [0.3, 0.4) is 0 Å². The van der Waals surface area contributed by atoms with Crippen molar-refractivity contribution in [2.75, 3.05) is 13.7 Å². The third-order valence-corrected chi connectivity index (χ3v) is 3.26. The quantitative estimate of drug-likeness (QED) is 0.236. The highest BCUT2D eigenvalue weighted by Crippen LogP contribution is 2.09. The first-order valence-corrected chi connectivity index (χ1v) is 8.34. The van der Waals surface area contributed by atoms with Gasteiger partial charge in [-0.2, -0.15) is 0 Å². The molecule has 0 saturated carbocycles. The van der Waals surface area contributed by atoms with Crippen molar-refractivity contribution < 1.29 is 19.1 Å². The molecule has 144 valence electrons. The monoisotopic (exact) mass is 366 g/mol. The Balaban J connectivity index is 2.61. The number of alkyl carbamates (subject to hydrolysis) is 1. The lowest BCUT2D eigenvalue weighted by molar-refractivity contribution is -0.143. The summed E-state index contributed by atoms with van der Waals surface area (Å²) in [5, 5.41) is 6.00. The maximum Gasteiger partial charge on any atom is 0.408 e. The summed E-state index contributed by atoms with van der Waals surface area (Å²) in [5.74, 6) is -0.570. The van der Waals surface area contributed by atoms with E-state index in [1.165, 1.54) is 7.11 Å². The van der Waals surface area contributed by atoms with Gasteiger partial charge in [0.15, 0.2) is 0 Å². The van der Waals surface area contributed by atoms with Gasteiger partial charge in [0.2, 0.25) is 0 Å². The van der Waals surface area contributed by atoms with Crippen molar-refractivity contribution in [1.82, 2.24) is 14.9 Å². The number of rotatable bonds is 9. The van der Waals surface area contributed by atoms with E-state index in [1.54, 1.807) is 33.3 Å². The summed E-state index contributed by atoms with van der Waals surface area (Å²) < 4.78 is 11.8. The molecule has 1 aromatic heterocycles. The highest BCUT2D eigenvalue weighted by Gasteiger charge is 2.26. The average Bonchev–Trinajstić information content (AvgIpc) is 2.99. The van der Waals surface area contributed by atoms with Crippen LogP contribution in [0.2, 0.25) is 0 Å². The molecule has 0 spiro atoms. The lowest BCUT2D eigenvalue weighted by Gasteiger charge is -2.22.